The van der Waals surface area contributed by atoms with E-state index < -0.39 is 0 Å². The van der Waals surface area contributed by atoms with Crippen molar-refractivity contribution in [3.63, 3.8) is 0 Å². The molecule has 0 unspecified atom stereocenters. The number of carbonyl (C=O) groups is 1. The largest absolute Gasteiger partial charge is 0.337 e. The van der Waals surface area contributed by atoms with Crippen LogP contribution < -0.4 is 0 Å². The predicted molar refractivity (Wildman–Crippen MR) is 98.8 cm³/mol. The molecule has 3 aromatic rings. The van der Waals surface area contributed by atoms with E-state index in [-0.39, 0.29) is 17.7 Å². The predicted octanol–water partition coefficient (Wildman–Crippen LogP) is 3.20. The molecular weight excluding hydrogens is 324 g/mol. The minimum atomic E-state index is 0.0207. The number of hydrogen-bond donors (Lipinski definition) is 0. The number of likely N-dealkylation sites (tertiary alicyclic amines) is 1. The van der Waals surface area contributed by atoms with Gasteiger partial charge in [-0.3, -0.25) is 9.78 Å². The van der Waals surface area contributed by atoms with Crippen molar-refractivity contribution in [1.82, 2.24) is 19.9 Å². The summed E-state index contributed by atoms with van der Waals surface area (Å²) in [7, 11) is 0. The van der Waals surface area contributed by atoms with Crippen LogP contribution in [0.1, 0.15) is 39.3 Å². The van der Waals surface area contributed by atoms with Crippen LogP contribution in [-0.2, 0) is 0 Å². The van der Waals surface area contributed by atoms with E-state index in [0.29, 0.717) is 18.7 Å². The molecular formula is C21H20N4O. The maximum absolute atomic E-state index is 12.9. The van der Waals surface area contributed by atoms with Gasteiger partial charge < -0.3 is 4.90 Å². The van der Waals surface area contributed by atoms with Crippen molar-refractivity contribution >= 4 is 5.91 Å². The van der Waals surface area contributed by atoms with Gasteiger partial charge in [0.2, 0.25) is 0 Å². The highest BCUT2D eigenvalue weighted by atomic mass is 16.2. The Bertz CT molecular complexity index is 898. The van der Waals surface area contributed by atoms with Crippen molar-refractivity contribution in [2.45, 2.75) is 18.8 Å². The van der Waals surface area contributed by atoms with Crippen molar-refractivity contribution in [2.75, 3.05) is 13.1 Å². The van der Waals surface area contributed by atoms with E-state index in [1.54, 1.807) is 24.7 Å². The second-order valence-corrected chi connectivity index (χ2v) is 6.60. The molecule has 0 bridgehead atoms. The highest BCUT2D eigenvalue weighted by molar-refractivity contribution is 5.94. The van der Waals surface area contributed by atoms with E-state index in [1.807, 2.05) is 42.2 Å². The number of aromatic nitrogens is 3. The number of pyridine rings is 1. The van der Waals surface area contributed by atoms with E-state index in [4.69, 9.17) is 0 Å². The summed E-state index contributed by atoms with van der Waals surface area (Å²) >= 11 is 0. The monoisotopic (exact) mass is 344 g/mol. The van der Waals surface area contributed by atoms with Gasteiger partial charge in [-0.1, -0.05) is 30.3 Å². The first-order valence-corrected chi connectivity index (χ1v) is 8.76. The summed E-state index contributed by atoms with van der Waals surface area (Å²) in [6, 6.07) is 15.9. The smallest absolute Gasteiger partial charge is 0.255 e. The lowest BCUT2D eigenvalue weighted by molar-refractivity contribution is 0.0788. The van der Waals surface area contributed by atoms with Crippen molar-refractivity contribution in [3.8, 4) is 0 Å². The fourth-order valence-corrected chi connectivity index (χ4v) is 3.66. The fourth-order valence-electron chi connectivity index (χ4n) is 3.66. The standard InChI is InChI=1S/C21H20N4O/c1-15-23-11-9-20(24-15)19-14-25(21(26)17-8-5-10-22-12-17)13-18(19)16-6-3-2-4-7-16/h2-12,18-19H,13-14H2,1H3/t18-,19+/m0/s1. The maximum atomic E-state index is 12.9. The van der Waals surface area contributed by atoms with Crippen molar-refractivity contribution in [2.24, 2.45) is 0 Å². The third kappa shape index (κ3) is 3.20. The topological polar surface area (TPSA) is 59.0 Å². The van der Waals surface area contributed by atoms with Gasteiger partial charge >= 0.3 is 0 Å². The second kappa shape index (κ2) is 7.04. The summed E-state index contributed by atoms with van der Waals surface area (Å²) < 4.78 is 0. The first-order chi connectivity index (χ1) is 12.7. The summed E-state index contributed by atoms with van der Waals surface area (Å²) in [6.07, 6.45) is 5.10. The van der Waals surface area contributed by atoms with Gasteiger partial charge in [0.25, 0.3) is 5.91 Å². The number of amides is 1. The lowest BCUT2D eigenvalue weighted by atomic mass is 9.87. The number of rotatable bonds is 3. The van der Waals surface area contributed by atoms with Crippen LogP contribution in [-0.4, -0.2) is 38.8 Å². The maximum Gasteiger partial charge on any atom is 0.255 e. The normalized spacial score (nSPS) is 19.5. The molecule has 26 heavy (non-hydrogen) atoms. The van der Waals surface area contributed by atoms with Gasteiger partial charge in [0.05, 0.1) is 5.56 Å². The van der Waals surface area contributed by atoms with Crippen molar-refractivity contribution < 1.29 is 4.79 Å². The highest BCUT2D eigenvalue weighted by Crippen LogP contribution is 2.39. The molecule has 0 saturated carbocycles. The van der Waals surface area contributed by atoms with Gasteiger partial charge in [0, 0.05) is 49.2 Å². The Morgan fingerprint density at radius 2 is 1.81 bits per heavy atom. The van der Waals surface area contributed by atoms with Gasteiger partial charge in [-0.2, -0.15) is 0 Å². The zero-order valence-corrected chi connectivity index (χ0v) is 14.6. The Kier molecular flexibility index (Phi) is 4.44. The van der Waals surface area contributed by atoms with Crippen LogP contribution in [0.25, 0.3) is 0 Å². The molecule has 1 aromatic carbocycles. The zero-order chi connectivity index (χ0) is 17.9. The molecule has 0 aliphatic carbocycles. The zero-order valence-electron chi connectivity index (χ0n) is 14.6. The van der Waals surface area contributed by atoms with Gasteiger partial charge in [-0.25, -0.2) is 9.97 Å². The molecule has 0 spiro atoms. The van der Waals surface area contributed by atoms with Crippen LogP contribution in [0.3, 0.4) is 0 Å². The number of carbonyl (C=O) groups excluding carboxylic acids is 1. The van der Waals surface area contributed by atoms with E-state index >= 15 is 0 Å². The minimum Gasteiger partial charge on any atom is -0.337 e. The average Bonchev–Trinajstić information content (AvgIpc) is 3.14. The number of aryl methyl sites for hydroxylation is 1. The Morgan fingerprint density at radius 3 is 2.54 bits per heavy atom. The molecule has 3 heterocycles. The first kappa shape index (κ1) is 16.4. The molecule has 130 valence electrons. The van der Waals surface area contributed by atoms with Gasteiger partial charge in [0.1, 0.15) is 5.82 Å². The lowest BCUT2D eigenvalue weighted by Gasteiger charge is -2.18. The summed E-state index contributed by atoms with van der Waals surface area (Å²) in [5.41, 5.74) is 2.85. The summed E-state index contributed by atoms with van der Waals surface area (Å²) in [5, 5.41) is 0. The number of hydrogen-bond acceptors (Lipinski definition) is 4. The fraction of sp³-hybridized carbons (Fsp3) is 0.238. The van der Waals surface area contributed by atoms with Gasteiger partial charge in [-0.15, -0.1) is 0 Å². The Morgan fingerprint density at radius 1 is 1.00 bits per heavy atom. The summed E-state index contributed by atoms with van der Waals surface area (Å²) in [5.74, 6) is 1.14. The molecule has 0 radical (unpaired) electrons. The third-order valence-electron chi connectivity index (χ3n) is 4.92. The van der Waals surface area contributed by atoms with E-state index in [0.717, 1.165) is 11.5 Å². The SMILES string of the molecule is Cc1nccc([C@@H]2CN(C(=O)c3cccnc3)C[C@H]2c2ccccc2)n1. The van der Waals surface area contributed by atoms with Crippen molar-refractivity contribution in [3.05, 3.63) is 89.8 Å². The van der Waals surface area contributed by atoms with Crippen molar-refractivity contribution in [1.29, 1.82) is 0 Å². The molecule has 4 rings (SSSR count). The molecule has 0 N–H and O–H groups in total. The molecule has 1 saturated heterocycles. The van der Waals surface area contributed by atoms with Crippen LogP contribution in [0.2, 0.25) is 0 Å². The van der Waals surface area contributed by atoms with Gasteiger partial charge in [0.15, 0.2) is 0 Å². The molecule has 5 heteroatoms. The molecule has 5 nitrogen and oxygen atoms in total. The number of benzene rings is 1. The molecule has 1 aliphatic rings. The molecule has 2 aromatic heterocycles. The van der Waals surface area contributed by atoms with Gasteiger partial charge in [-0.05, 0) is 30.7 Å². The van der Waals surface area contributed by atoms with E-state index in [1.165, 1.54) is 5.56 Å². The molecule has 1 aliphatic heterocycles. The second-order valence-electron chi connectivity index (χ2n) is 6.60. The van der Waals surface area contributed by atoms with Crippen LogP contribution in [0, 0.1) is 6.92 Å². The molecule has 1 amide bonds. The highest BCUT2D eigenvalue weighted by Gasteiger charge is 2.38. The van der Waals surface area contributed by atoms with E-state index in [9.17, 15) is 4.79 Å². The van der Waals surface area contributed by atoms with Crippen LogP contribution >= 0.6 is 0 Å². The minimum absolute atomic E-state index is 0.0207. The first-order valence-electron chi connectivity index (χ1n) is 8.76. The molecule has 2 atom stereocenters. The molecule has 1 fully saturated rings. The third-order valence-corrected chi connectivity index (χ3v) is 4.92. The number of nitrogens with zero attached hydrogens (tertiary/aromatic N) is 4. The Balaban J connectivity index is 1.68. The summed E-state index contributed by atoms with van der Waals surface area (Å²) in [4.78, 5) is 27.8. The quantitative estimate of drug-likeness (QED) is 0.732. The Labute approximate surface area is 152 Å². The summed E-state index contributed by atoms with van der Waals surface area (Å²) in [6.45, 7) is 3.21. The van der Waals surface area contributed by atoms with Crippen LogP contribution in [0.15, 0.2) is 67.1 Å². The van der Waals surface area contributed by atoms with Crippen LogP contribution in [0.5, 0.6) is 0 Å². The van der Waals surface area contributed by atoms with E-state index in [2.05, 4.69) is 27.1 Å². The lowest BCUT2D eigenvalue weighted by Crippen LogP contribution is -2.29. The Hall–Kier alpha value is -3.08. The van der Waals surface area contributed by atoms with Crippen LogP contribution in [0.4, 0.5) is 0 Å². The average molecular weight is 344 g/mol.